The Balaban J connectivity index is 1.91. The third-order valence-corrected chi connectivity index (χ3v) is 3.49. The average Bonchev–Trinajstić information content (AvgIpc) is 2.74. The second kappa shape index (κ2) is 3.59. The summed E-state index contributed by atoms with van der Waals surface area (Å²) in [7, 11) is 0. The van der Waals surface area contributed by atoms with Gasteiger partial charge in [0.25, 0.3) is 0 Å². The fourth-order valence-corrected chi connectivity index (χ4v) is 2.64. The lowest BCUT2D eigenvalue weighted by Crippen LogP contribution is -2.06. The topological polar surface area (TPSA) is 16.1 Å². The van der Waals surface area contributed by atoms with Crippen molar-refractivity contribution in [2.45, 2.75) is 11.4 Å². The van der Waals surface area contributed by atoms with E-state index in [9.17, 15) is 0 Å². The summed E-state index contributed by atoms with van der Waals surface area (Å²) in [6, 6.07) is 13.5. The summed E-state index contributed by atoms with van der Waals surface area (Å²) in [5.74, 6) is 0. The van der Waals surface area contributed by atoms with Crippen LogP contribution in [0.1, 0.15) is 5.56 Å². The highest BCUT2D eigenvalue weighted by atomic mass is 32.2. The van der Waals surface area contributed by atoms with E-state index in [2.05, 4.69) is 21.4 Å². The summed E-state index contributed by atoms with van der Waals surface area (Å²) in [4.78, 5) is 5.25. The van der Waals surface area contributed by atoms with Gasteiger partial charge in [-0.1, -0.05) is 18.2 Å². The molecule has 1 radical (unpaired) electrons. The van der Waals surface area contributed by atoms with Crippen molar-refractivity contribution in [3.05, 3.63) is 54.4 Å². The van der Waals surface area contributed by atoms with Crippen LogP contribution in [-0.4, -0.2) is 4.98 Å². The Hall–Kier alpha value is -1.48. The highest BCUT2D eigenvalue weighted by Gasteiger charge is 2.19. The van der Waals surface area contributed by atoms with Crippen LogP contribution in [0.25, 0.3) is 0 Å². The van der Waals surface area contributed by atoms with E-state index < -0.39 is 0 Å². The Kier molecular flexibility index (Phi) is 2.10. The maximum absolute atomic E-state index is 4.02. The molecule has 0 saturated carbocycles. The van der Waals surface area contributed by atoms with Gasteiger partial charge in [0.15, 0.2) is 0 Å². The van der Waals surface area contributed by atoms with E-state index in [-0.39, 0.29) is 0 Å². The van der Waals surface area contributed by atoms with Crippen molar-refractivity contribution < 1.29 is 0 Å². The molecule has 0 N–H and O–H groups in total. The first-order chi connectivity index (χ1) is 7.43. The summed E-state index contributed by atoms with van der Waals surface area (Å²) >= 11 is 1.74. The van der Waals surface area contributed by atoms with Crippen molar-refractivity contribution >= 4 is 17.6 Å². The molecule has 2 nitrogen and oxygen atoms in total. The quantitative estimate of drug-likeness (QED) is 0.678. The lowest BCUT2D eigenvalue weighted by Gasteiger charge is -2.14. The molecule has 0 atom stereocenters. The normalized spacial score (nSPS) is 14.0. The van der Waals surface area contributed by atoms with Crippen LogP contribution in [0.4, 0.5) is 5.69 Å². The molecule has 0 fully saturated rings. The SMILES string of the molecule is [c]1cccc2c1SN(c1ccncc1)C2. The zero-order valence-electron chi connectivity index (χ0n) is 8.05. The molecule has 0 unspecified atom stereocenters. The minimum atomic E-state index is 0.946. The third-order valence-electron chi connectivity index (χ3n) is 2.37. The van der Waals surface area contributed by atoms with Gasteiger partial charge in [0, 0.05) is 17.3 Å². The van der Waals surface area contributed by atoms with Gasteiger partial charge in [-0.15, -0.1) is 0 Å². The van der Waals surface area contributed by atoms with E-state index in [1.165, 1.54) is 16.1 Å². The molecular weight excluding hydrogens is 204 g/mol. The zero-order valence-corrected chi connectivity index (χ0v) is 8.87. The van der Waals surface area contributed by atoms with Crippen molar-refractivity contribution in [3.8, 4) is 0 Å². The molecule has 0 bridgehead atoms. The lowest BCUT2D eigenvalue weighted by molar-refractivity contribution is 1.06. The molecule has 3 heteroatoms. The monoisotopic (exact) mass is 213 g/mol. The van der Waals surface area contributed by atoms with Crippen LogP contribution in [0.15, 0.2) is 47.6 Å². The van der Waals surface area contributed by atoms with E-state index >= 15 is 0 Å². The molecule has 0 saturated heterocycles. The van der Waals surface area contributed by atoms with Gasteiger partial charge in [-0.3, -0.25) is 4.98 Å². The molecule has 2 aromatic rings. The van der Waals surface area contributed by atoms with E-state index in [1.54, 1.807) is 11.9 Å². The Morgan fingerprint density at radius 3 is 2.93 bits per heavy atom. The van der Waals surface area contributed by atoms with Gasteiger partial charge in [-0.2, -0.15) is 0 Å². The Labute approximate surface area is 93.1 Å². The third kappa shape index (κ3) is 1.59. The van der Waals surface area contributed by atoms with Crippen molar-refractivity contribution in [1.29, 1.82) is 0 Å². The van der Waals surface area contributed by atoms with Crippen molar-refractivity contribution in [2.75, 3.05) is 4.31 Å². The second-order valence-electron chi connectivity index (χ2n) is 3.36. The minimum Gasteiger partial charge on any atom is -0.308 e. The lowest BCUT2D eigenvalue weighted by atomic mass is 10.2. The number of nitrogens with zero attached hydrogens (tertiary/aromatic N) is 2. The van der Waals surface area contributed by atoms with Crippen LogP contribution in [0.2, 0.25) is 0 Å². The van der Waals surface area contributed by atoms with E-state index in [0.717, 1.165) is 6.54 Å². The number of pyridine rings is 1. The zero-order chi connectivity index (χ0) is 10.1. The summed E-state index contributed by atoms with van der Waals surface area (Å²) in [6.07, 6.45) is 3.64. The molecule has 1 aliphatic rings. The van der Waals surface area contributed by atoms with Gasteiger partial charge in [0.05, 0.1) is 12.2 Å². The van der Waals surface area contributed by atoms with Crippen LogP contribution in [0, 0.1) is 6.07 Å². The smallest absolute Gasteiger partial charge is 0.0561 e. The van der Waals surface area contributed by atoms with Crippen LogP contribution in [0.3, 0.4) is 0 Å². The summed E-state index contributed by atoms with van der Waals surface area (Å²) < 4.78 is 2.25. The number of fused-ring (bicyclic) bond motifs is 1. The number of hydrogen-bond acceptors (Lipinski definition) is 3. The maximum Gasteiger partial charge on any atom is 0.0561 e. The van der Waals surface area contributed by atoms with Crippen LogP contribution < -0.4 is 4.31 Å². The highest BCUT2D eigenvalue weighted by Crippen LogP contribution is 2.38. The average molecular weight is 213 g/mol. The molecule has 0 spiro atoms. The van der Waals surface area contributed by atoms with E-state index in [0.29, 0.717) is 0 Å². The molecule has 1 aromatic heterocycles. The second-order valence-corrected chi connectivity index (χ2v) is 4.39. The standard InChI is InChI=1S/C12H9N2S/c1-2-4-12-10(3-1)9-14(15-12)11-5-7-13-8-6-11/h1-3,5-8H,9H2. The first kappa shape index (κ1) is 8.80. The molecule has 0 amide bonds. The molecule has 1 aromatic carbocycles. The molecule has 0 aliphatic carbocycles. The molecule has 73 valence electrons. The van der Waals surface area contributed by atoms with Crippen LogP contribution in [-0.2, 0) is 6.54 Å². The first-order valence-electron chi connectivity index (χ1n) is 4.78. The van der Waals surface area contributed by atoms with E-state index in [4.69, 9.17) is 0 Å². The number of hydrogen-bond donors (Lipinski definition) is 0. The summed E-state index contributed by atoms with van der Waals surface area (Å²) in [5, 5.41) is 0. The molecule has 15 heavy (non-hydrogen) atoms. The number of rotatable bonds is 1. The van der Waals surface area contributed by atoms with Gasteiger partial charge in [-0.25, -0.2) is 0 Å². The maximum atomic E-state index is 4.02. The first-order valence-corrected chi connectivity index (χ1v) is 5.56. The Morgan fingerprint density at radius 1 is 1.27 bits per heavy atom. The van der Waals surface area contributed by atoms with Gasteiger partial charge >= 0.3 is 0 Å². The van der Waals surface area contributed by atoms with Gasteiger partial charge in [0.1, 0.15) is 0 Å². The minimum absolute atomic E-state index is 0.946. The van der Waals surface area contributed by atoms with Crippen molar-refractivity contribution in [1.82, 2.24) is 4.98 Å². The predicted octanol–water partition coefficient (Wildman–Crippen LogP) is 2.91. The van der Waals surface area contributed by atoms with Gasteiger partial charge in [0.2, 0.25) is 0 Å². The van der Waals surface area contributed by atoms with Gasteiger partial charge < -0.3 is 4.31 Å². The number of aromatic nitrogens is 1. The van der Waals surface area contributed by atoms with Crippen LogP contribution in [0.5, 0.6) is 0 Å². The molecule has 3 rings (SSSR count). The number of anilines is 1. The Morgan fingerprint density at radius 2 is 2.13 bits per heavy atom. The molecule has 2 heterocycles. The van der Waals surface area contributed by atoms with Gasteiger partial charge in [-0.05, 0) is 35.7 Å². The van der Waals surface area contributed by atoms with E-state index in [1.807, 2.05) is 36.7 Å². The summed E-state index contributed by atoms with van der Waals surface area (Å²) in [5.41, 5.74) is 2.54. The molecule has 1 aliphatic heterocycles. The largest absolute Gasteiger partial charge is 0.308 e. The number of benzene rings is 1. The fourth-order valence-electron chi connectivity index (χ4n) is 1.62. The highest BCUT2D eigenvalue weighted by molar-refractivity contribution is 8.01. The summed E-state index contributed by atoms with van der Waals surface area (Å²) in [6.45, 7) is 0.946. The Bertz CT molecular complexity index is 445. The fraction of sp³-hybridized carbons (Fsp3) is 0.0833. The van der Waals surface area contributed by atoms with Crippen LogP contribution >= 0.6 is 11.9 Å². The van der Waals surface area contributed by atoms with Crippen molar-refractivity contribution in [2.24, 2.45) is 0 Å². The predicted molar refractivity (Wildman–Crippen MR) is 61.6 cm³/mol. The molecular formula is C12H9N2S. The van der Waals surface area contributed by atoms with Crippen molar-refractivity contribution in [3.63, 3.8) is 0 Å².